The molecular formula is C20H14BrClN2OS. The Kier molecular flexibility index (Phi) is 4.03. The van der Waals surface area contributed by atoms with E-state index < -0.39 is 0 Å². The summed E-state index contributed by atoms with van der Waals surface area (Å²) < 4.78 is 7.44. The van der Waals surface area contributed by atoms with Gasteiger partial charge in [-0.25, -0.2) is 5.01 Å². The van der Waals surface area contributed by atoms with Gasteiger partial charge in [-0.3, -0.25) is 0 Å². The van der Waals surface area contributed by atoms with Crippen LogP contribution in [0.3, 0.4) is 0 Å². The number of hydrogen-bond donors (Lipinski definition) is 0. The molecule has 130 valence electrons. The molecule has 2 unspecified atom stereocenters. The number of halogens is 2. The zero-order valence-electron chi connectivity index (χ0n) is 13.6. The monoisotopic (exact) mass is 444 g/mol. The highest BCUT2D eigenvalue weighted by Crippen LogP contribution is 2.48. The van der Waals surface area contributed by atoms with E-state index in [2.05, 4.69) is 45.2 Å². The average molecular weight is 446 g/mol. The molecule has 2 aliphatic rings. The lowest BCUT2D eigenvalue weighted by Crippen LogP contribution is -2.33. The van der Waals surface area contributed by atoms with E-state index in [0.717, 1.165) is 27.2 Å². The normalized spacial score (nSPS) is 21.0. The zero-order chi connectivity index (χ0) is 17.7. The molecule has 0 fully saturated rings. The Bertz CT molecular complexity index is 1020. The molecule has 5 rings (SSSR count). The van der Waals surface area contributed by atoms with E-state index in [1.54, 1.807) is 11.3 Å². The molecule has 0 bridgehead atoms. The van der Waals surface area contributed by atoms with Crippen LogP contribution in [0.5, 0.6) is 5.75 Å². The largest absolute Gasteiger partial charge is 0.464 e. The fraction of sp³-hybridized carbons (Fsp3) is 0.150. The van der Waals surface area contributed by atoms with Crippen LogP contribution in [0.2, 0.25) is 5.02 Å². The van der Waals surface area contributed by atoms with E-state index in [4.69, 9.17) is 21.4 Å². The number of hydrazone groups is 1. The van der Waals surface area contributed by atoms with Crippen LogP contribution in [-0.4, -0.2) is 10.7 Å². The number of ether oxygens (including phenoxy) is 1. The van der Waals surface area contributed by atoms with Gasteiger partial charge in [0.1, 0.15) is 5.75 Å². The summed E-state index contributed by atoms with van der Waals surface area (Å²) >= 11 is 11.7. The Hall–Kier alpha value is -1.82. The van der Waals surface area contributed by atoms with E-state index >= 15 is 0 Å². The third kappa shape index (κ3) is 2.66. The third-order valence-corrected chi connectivity index (χ3v) is 6.74. The number of hydrogen-bond acceptors (Lipinski definition) is 4. The highest BCUT2D eigenvalue weighted by Gasteiger charge is 2.41. The molecule has 0 amide bonds. The van der Waals surface area contributed by atoms with Crippen molar-refractivity contribution in [2.45, 2.75) is 18.7 Å². The molecule has 0 N–H and O–H groups in total. The molecule has 26 heavy (non-hydrogen) atoms. The minimum Gasteiger partial charge on any atom is -0.464 e. The van der Waals surface area contributed by atoms with Gasteiger partial charge in [-0.2, -0.15) is 5.10 Å². The Morgan fingerprint density at radius 3 is 2.58 bits per heavy atom. The second kappa shape index (κ2) is 6.41. The lowest BCUT2D eigenvalue weighted by molar-refractivity contribution is -0.0189. The molecule has 0 radical (unpaired) electrons. The standard InChI is InChI=1S/C20H14BrClN2OS/c21-19-10-9-18(26-19)15-11-16-13-6-2-4-8-17(13)25-20(24(16)23-15)12-5-1-3-7-14(12)22/h1-10,16,20H,11H2. The van der Waals surface area contributed by atoms with Crippen molar-refractivity contribution in [3.8, 4) is 5.75 Å². The highest BCUT2D eigenvalue weighted by molar-refractivity contribution is 9.11. The van der Waals surface area contributed by atoms with Gasteiger partial charge in [0.05, 0.1) is 20.4 Å². The van der Waals surface area contributed by atoms with Gasteiger partial charge in [-0.05, 0) is 40.2 Å². The third-order valence-electron chi connectivity index (χ3n) is 4.73. The molecule has 0 spiro atoms. The highest BCUT2D eigenvalue weighted by atomic mass is 79.9. The number of para-hydroxylation sites is 1. The van der Waals surface area contributed by atoms with E-state index in [1.807, 2.05) is 36.4 Å². The van der Waals surface area contributed by atoms with Gasteiger partial charge in [-0.15, -0.1) is 11.3 Å². The molecule has 3 nitrogen and oxygen atoms in total. The number of rotatable bonds is 2. The topological polar surface area (TPSA) is 24.8 Å². The predicted octanol–water partition coefficient (Wildman–Crippen LogP) is 6.41. The van der Waals surface area contributed by atoms with Crippen LogP contribution in [0, 0.1) is 0 Å². The Balaban J connectivity index is 1.62. The smallest absolute Gasteiger partial charge is 0.215 e. The Labute approximate surface area is 169 Å². The quantitative estimate of drug-likeness (QED) is 0.455. The maximum absolute atomic E-state index is 6.47. The molecule has 1 aromatic heterocycles. The fourth-order valence-electron chi connectivity index (χ4n) is 3.53. The SMILES string of the molecule is Clc1ccccc1C1Oc2ccccc2C2CC(c3ccc(Br)s3)=NN21. The van der Waals surface area contributed by atoms with Crippen LogP contribution in [0.4, 0.5) is 0 Å². The van der Waals surface area contributed by atoms with Crippen molar-refractivity contribution >= 4 is 44.6 Å². The van der Waals surface area contributed by atoms with Gasteiger partial charge in [0.15, 0.2) is 0 Å². The maximum atomic E-state index is 6.47. The van der Waals surface area contributed by atoms with Crippen LogP contribution in [0.1, 0.15) is 34.7 Å². The second-order valence-electron chi connectivity index (χ2n) is 6.28. The van der Waals surface area contributed by atoms with Crippen molar-refractivity contribution in [1.82, 2.24) is 5.01 Å². The maximum Gasteiger partial charge on any atom is 0.215 e. The van der Waals surface area contributed by atoms with Crippen LogP contribution >= 0.6 is 38.9 Å². The summed E-state index contributed by atoms with van der Waals surface area (Å²) in [5, 5.41) is 7.70. The van der Waals surface area contributed by atoms with Crippen molar-refractivity contribution in [2.75, 3.05) is 0 Å². The van der Waals surface area contributed by atoms with Crippen molar-refractivity contribution in [3.05, 3.63) is 85.5 Å². The van der Waals surface area contributed by atoms with E-state index in [0.29, 0.717) is 5.02 Å². The Morgan fingerprint density at radius 1 is 1.04 bits per heavy atom. The molecular weight excluding hydrogens is 432 g/mol. The predicted molar refractivity (Wildman–Crippen MR) is 109 cm³/mol. The first kappa shape index (κ1) is 16.4. The van der Waals surface area contributed by atoms with Gasteiger partial charge >= 0.3 is 0 Å². The average Bonchev–Trinajstić information content (AvgIpc) is 3.28. The minimum absolute atomic E-state index is 0.150. The van der Waals surface area contributed by atoms with Crippen LogP contribution < -0.4 is 4.74 Å². The van der Waals surface area contributed by atoms with Crippen LogP contribution in [0.15, 0.2) is 69.6 Å². The van der Waals surface area contributed by atoms with Crippen molar-refractivity contribution in [3.63, 3.8) is 0 Å². The molecule has 2 aliphatic heterocycles. The number of thiophene rings is 1. The first-order chi connectivity index (χ1) is 12.7. The molecule has 0 saturated carbocycles. The molecule has 3 heterocycles. The summed E-state index contributed by atoms with van der Waals surface area (Å²) in [6.45, 7) is 0. The van der Waals surface area contributed by atoms with Gasteiger partial charge in [0.2, 0.25) is 6.23 Å². The summed E-state index contributed by atoms with van der Waals surface area (Å²) in [4.78, 5) is 1.18. The van der Waals surface area contributed by atoms with Gasteiger partial charge in [-0.1, -0.05) is 48.0 Å². The second-order valence-corrected chi connectivity index (χ2v) is 9.15. The summed E-state index contributed by atoms with van der Waals surface area (Å²) in [6, 6.07) is 20.4. The van der Waals surface area contributed by atoms with Gasteiger partial charge in [0.25, 0.3) is 0 Å². The zero-order valence-corrected chi connectivity index (χ0v) is 16.8. The van der Waals surface area contributed by atoms with Gasteiger partial charge < -0.3 is 4.74 Å². The van der Waals surface area contributed by atoms with Crippen LogP contribution in [0.25, 0.3) is 0 Å². The summed E-state index contributed by atoms with van der Waals surface area (Å²) in [6.07, 6.45) is 0.526. The fourth-order valence-corrected chi connectivity index (χ4v) is 5.14. The number of nitrogens with zero attached hydrogens (tertiary/aromatic N) is 2. The van der Waals surface area contributed by atoms with E-state index in [-0.39, 0.29) is 12.3 Å². The summed E-state index contributed by atoms with van der Waals surface area (Å²) in [5.41, 5.74) is 3.19. The van der Waals surface area contributed by atoms with E-state index in [1.165, 1.54) is 10.4 Å². The Morgan fingerprint density at radius 2 is 1.81 bits per heavy atom. The first-order valence-electron chi connectivity index (χ1n) is 8.32. The molecule has 6 heteroatoms. The van der Waals surface area contributed by atoms with Crippen molar-refractivity contribution < 1.29 is 4.74 Å². The minimum atomic E-state index is -0.329. The molecule has 0 saturated heterocycles. The molecule has 3 aromatic rings. The van der Waals surface area contributed by atoms with Crippen molar-refractivity contribution in [1.29, 1.82) is 0 Å². The van der Waals surface area contributed by atoms with E-state index in [9.17, 15) is 0 Å². The lowest BCUT2D eigenvalue weighted by atomic mass is 9.98. The van der Waals surface area contributed by atoms with Crippen molar-refractivity contribution in [2.24, 2.45) is 5.10 Å². The lowest BCUT2D eigenvalue weighted by Gasteiger charge is -2.38. The summed E-state index contributed by atoms with van der Waals surface area (Å²) in [7, 11) is 0. The van der Waals surface area contributed by atoms with Crippen LogP contribution in [-0.2, 0) is 0 Å². The summed E-state index contributed by atoms with van der Waals surface area (Å²) in [5.74, 6) is 0.905. The van der Waals surface area contributed by atoms with Gasteiger partial charge in [0, 0.05) is 22.6 Å². The molecule has 0 aliphatic carbocycles. The molecule has 2 aromatic carbocycles. The number of fused-ring (bicyclic) bond motifs is 3. The molecule has 2 atom stereocenters. The first-order valence-corrected chi connectivity index (χ1v) is 10.3. The number of benzene rings is 2.